The predicted molar refractivity (Wildman–Crippen MR) is 81.2 cm³/mol. The standard InChI is InChI=1S/C13H20N6O5/c1-6(11(21)19-9(13(23)24)3-10(15)20)18-12(22)8(14)2-7-4-16-5-17-7/h4-6,8-9H,2-3,14H2,1H3,(H2,15,20)(H,16,17)(H,18,22)(H,19,21)(H,23,24)/t6-,8-,9-/m0/s1. The molecule has 0 saturated heterocycles. The average Bonchev–Trinajstić information content (AvgIpc) is 2.98. The number of aliphatic carboxylic acids is 1. The maximum Gasteiger partial charge on any atom is 0.326 e. The predicted octanol–water partition coefficient (Wildman–Crippen LogP) is -2.77. The van der Waals surface area contributed by atoms with Gasteiger partial charge in [-0.1, -0.05) is 0 Å². The van der Waals surface area contributed by atoms with Crippen LogP contribution in [0.2, 0.25) is 0 Å². The number of nitrogens with one attached hydrogen (secondary N) is 3. The summed E-state index contributed by atoms with van der Waals surface area (Å²) in [6, 6.07) is -3.42. The number of primary amides is 1. The third-order valence-electron chi connectivity index (χ3n) is 3.10. The van der Waals surface area contributed by atoms with Gasteiger partial charge in [0.05, 0.1) is 18.8 Å². The molecule has 8 N–H and O–H groups in total. The summed E-state index contributed by atoms with van der Waals surface area (Å²) in [5.74, 6) is -3.64. The Morgan fingerprint density at radius 2 is 1.96 bits per heavy atom. The zero-order valence-corrected chi connectivity index (χ0v) is 13.0. The van der Waals surface area contributed by atoms with Gasteiger partial charge in [-0.2, -0.15) is 0 Å². The molecule has 0 radical (unpaired) electrons. The van der Waals surface area contributed by atoms with Gasteiger partial charge in [0, 0.05) is 18.3 Å². The Balaban J connectivity index is 2.53. The molecule has 1 aromatic heterocycles. The first kappa shape index (κ1) is 19.1. The van der Waals surface area contributed by atoms with Gasteiger partial charge in [0.2, 0.25) is 17.7 Å². The molecular weight excluding hydrogens is 320 g/mol. The molecule has 0 aliphatic rings. The van der Waals surface area contributed by atoms with Crippen LogP contribution in [0.3, 0.4) is 0 Å². The molecule has 0 aromatic carbocycles. The number of nitrogens with zero attached hydrogens (tertiary/aromatic N) is 1. The van der Waals surface area contributed by atoms with Crippen molar-refractivity contribution in [3.63, 3.8) is 0 Å². The van der Waals surface area contributed by atoms with E-state index in [9.17, 15) is 19.2 Å². The second-order valence-electron chi connectivity index (χ2n) is 5.19. The van der Waals surface area contributed by atoms with Gasteiger partial charge in [0.25, 0.3) is 0 Å². The molecule has 1 rings (SSSR count). The van der Waals surface area contributed by atoms with E-state index in [1.807, 2.05) is 0 Å². The Hall–Kier alpha value is -2.95. The van der Waals surface area contributed by atoms with Crippen LogP contribution in [0.25, 0.3) is 0 Å². The lowest BCUT2D eigenvalue weighted by molar-refractivity contribution is -0.143. The molecule has 1 heterocycles. The zero-order chi connectivity index (χ0) is 18.3. The molecule has 11 nitrogen and oxygen atoms in total. The summed E-state index contributed by atoms with van der Waals surface area (Å²) >= 11 is 0. The zero-order valence-electron chi connectivity index (χ0n) is 13.0. The second kappa shape index (κ2) is 8.62. The lowest BCUT2D eigenvalue weighted by Gasteiger charge is -2.19. The first-order valence-electron chi connectivity index (χ1n) is 7.05. The number of hydrogen-bond donors (Lipinski definition) is 6. The highest BCUT2D eigenvalue weighted by Gasteiger charge is 2.26. The molecule has 11 heteroatoms. The van der Waals surface area contributed by atoms with Crippen molar-refractivity contribution in [2.24, 2.45) is 11.5 Å². The topological polar surface area (TPSA) is 193 Å². The summed E-state index contributed by atoms with van der Waals surface area (Å²) in [4.78, 5) is 52.2. The van der Waals surface area contributed by atoms with Crippen molar-refractivity contribution >= 4 is 23.7 Å². The van der Waals surface area contributed by atoms with Crippen LogP contribution in [-0.2, 0) is 25.6 Å². The SMILES string of the molecule is C[C@H](NC(=O)[C@@H](N)Cc1cnc[nH]1)C(=O)N[C@@H](CC(N)=O)C(=O)O. The monoisotopic (exact) mass is 340 g/mol. The van der Waals surface area contributed by atoms with Gasteiger partial charge in [-0.15, -0.1) is 0 Å². The van der Waals surface area contributed by atoms with Crippen LogP contribution < -0.4 is 22.1 Å². The Morgan fingerprint density at radius 3 is 2.46 bits per heavy atom. The summed E-state index contributed by atoms with van der Waals surface area (Å²) in [5.41, 5.74) is 11.3. The molecule has 132 valence electrons. The Bertz CT molecular complexity index is 602. The fourth-order valence-corrected chi connectivity index (χ4v) is 1.81. The lowest BCUT2D eigenvalue weighted by Crippen LogP contribution is -2.54. The van der Waals surface area contributed by atoms with E-state index in [4.69, 9.17) is 16.6 Å². The smallest absolute Gasteiger partial charge is 0.326 e. The number of aromatic amines is 1. The molecule has 0 saturated carbocycles. The van der Waals surface area contributed by atoms with Crippen LogP contribution in [0.1, 0.15) is 19.0 Å². The molecule has 3 atom stereocenters. The first-order valence-corrected chi connectivity index (χ1v) is 7.05. The maximum atomic E-state index is 11.9. The van der Waals surface area contributed by atoms with Crippen molar-refractivity contribution in [3.8, 4) is 0 Å². The van der Waals surface area contributed by atoms with Crippen LogP contribution in [-0.4, -0.2) is 56.9 Å². The van der Waals surface area contributed by atoms with Gasteiger partial charge in [-0.25, -0.2) is 9.78 Å². The quantitative estimate of drug-likeness (QED) is 0.280. The molecule has 0 spiro atoms. The van der Waals surface area contributed by atoms with Crippen molar-refractivity contribution < 1.29 is 24.3 Å². The number of carbonyl (C=O) groups excluding carboxylic acids is 3. The number of amides is 3. The van der Waals surface area contributed by atoms with E-state index in [1.165, 1.54) is 19.4 Å². The van der Waals surface area contributed by atoms with Gasteiger partial charge in [-0.05, 0) is 6.92 Å². The van der Waals surface area contributed by atoms with Crippen LogP contribution in [0.5, 0.6) is 0 Å². The highest BCUT2D eigenvalue weighted by Crippen LogP contribution is 1.98. The Kier molecular flexibility index (Phi) is 6.86. The van der Waals surface area contributed by atoms with Gasteiger partial charge in [-0.3, -0.25) is 14.4 Å². The Morgan fingerprint density at radius 1 is 1.29 bits per heavy atom. The van der Waals surface area contributed by atoms with Gasteiger partial charge < -0.3 is 32.2 Å². The van der Waals surface area contributed by atoms with E-state index in [-0.39, 0.29) is 6.42 Å². The number of carbonyl (C=O) groups is 4. The van der Waals surface area contributed by atoms with Crippen LogP contribution >= 0.6 is 0 Å². The summed E-state index contributed by atoms with van der Waals surface area (Å²) < 4.78 is 0. The van der Waals surface area contributed by atoms with Crippen molar-refractivity contribution in [2.45, 2.75) is 37.9 Å². The third kappa shape index (κ3) is 6.04. The highest BCUT2D eigenvalue weighted by molar-refractivity contribution is 5.92. The van der Waals surface area contributed by atoms with E-state index in [2.05, 4.69) is 20.6 Å². The van der Waals surface area contributed by atoms with Crippen LogP contribution in [0.4, 0.5) is 0 Å². The molecule has 3 amide bonds. The number of nitrogens with two attached hydrogens (primary N) is 2. The fourth-order valence-electron chi connectivity index (χ4n) is 1.81. The molecule has 1 aromatic rings. The summed E-state index contributed by atoms with van der Waals surface area (Å²) in [7, 11) is 0. The molecule has 0 aliphatic carbocycles. The molecule has 0 unspecified atom stereocenters. The number of rotatable bonds is 9. The average molecular weight is 340 g/mol. The van der Waals surface area contributed by atoms with Crippen molar-refractivity contribution in [3.05, 3.63) is 18.2 Å². The van der Waals surface area contributed by atoms with Crippen molar-refractivity contribution in [1.29, 1.82) is 0 Å². The van der Waals surface area contributed by atoms with Gasteiger partial charge in [0.15, 0.2) is 0 Å². The van der Waals surface area contributed by atoms with Crippen molar-refractivity contribution in [1.82, 2.24) is 20.6 Å². The number of hydrogen-bond acceptors (Lipinski definition) is 6. The largest absolute Gasteiger partial charge is 0.480 e. The van der Waals surface area contributed by atoms with Gasteiger partial charge in [0.1, 0.15) is 12.1 Å². The Labute approximate surface area is 137 Å². The molecule has 0 bridgehead atoms. The third-order valence-corrected chi connectivity index (χ3v) is 3.10. The minimum atomic E-state index is -1.46. The van der Waals surface area contributed by atoms with Crippen LogP contribution in [0.15, 0.2) is 12.5 Å². The summed E-state index contributed by atoms with van der Waals surface area (Å²) in [6.45, 7) is 1.36. The minimum Gasteiger partial charge on any atom is -0.480 e. The highest BCUT2D eigenvalue weighted by atomic mass is 16.4. The lowest BCUT2D eigenvalue weighted by atomic mass is 10.1. The fraction of sp³-hybridized carbons (Fsp3) is 0.462. The maximum absolute atomic E-state index is 11.9. The number of carboxylic acid groups (broad SMARTS) is 1. The molecule has 0 fully saturated rings. The van der Waals surface area contributed by atoms with Gasteiger partial charge >= 0.3 is 5.97 Å². The van der Waals surface area contributed by atoms with E-state index in [0.717, 1.165) is 0 Å². The molecular formula is C13H20N6O5. The second-order valence-corrected chi connectivity index (χ2v) is 5.19. The van der Waals surface area contributed by atoms with E-state index >= 15 is 0 Å². The number of aromatic nitrogens is 2. The van der Waals surface area contributed by atoms with Crippen LogP contribution in [0, 0.1) is 0 Å². The summed E-state index contributed by atoms with van der Waals surface area (Å²) in [6.07, 6.45) is 2.60. The minimum absolute atomic E-state index is 0.194. The number of imidazole rings is 1. The first-order chi connectivity index (χ1) is 11.2. The van der Waals surface area contributed by atoms with Crippen molar-refractivity contribution in [2.75, 3.05) is 0 Å². The summed E-state index contributed by atoms with van der Waals surface area (Å²) in [5, 5.41) is 13.4. The van der Waals surface area contributed by atoms with E-state index in [1.54, 1.807) is 0 Å². The number of H-pyrrole nitrogens is 1. The van der Waals surface area contributed by atoms with E-state index in [0.29, 0.717) is 5.69 Å². The molecule has 0 aliphatic heterocycles. The van der Waals surface area contributed by atoms with E-state index < -0.39 is 48.2 Å². The normalized spacial score (nSPS) is 14.2. The molecule has 24 heavy (non-hydrogen) atoms. The number of carboxylic acids is 1.